The van der Waals surface area contributed by atoms with E-state index in [1.807, 2.05) is 256 Å². The molecule has 0 bridgehead atoms. The Kier molecular flexibility index (Phi) is 96.7. The Morgan fingerprint density at radius 3 is 0.957 bits per heavy atom. The Morgan fingerprint density at radius 1 is 0.381 bits per heavy atom. The molecule has 2 unspecified atom stereocenters. The second-order valence-corrected chi connectivity index (χ2v) is 40.5. The molecule has 0 aromatic carbocycles. The quantitative estimate of drug-likeness (QED) is 0.0250. The van der Waals surface area contributed by atoms with Crippen LogP contribution >= 0.6 is 0 Å². The first-order chi connectivity index (χ1) is 65.0. The highest BCUT2D eigenvalue weighted by Gasteiger charge is 2.20. The van der Waals surface area contributed by atoms with Crippen LogP contribution in [-0.2, 0) is 71.9 Å². The van der Waals surface area contributed by atoms with Crippen molar-refractivity contribution >= 4 is 81.2 Å². The number of carbonyl (C=O) groups excluding carboxylic acids is 14. The second kappa shape index (κ2) is 93.5. The van der Waals surface area contributed by atoms with Gasteiger partial charge >= 0.3 is 5.97 Å². The highest BCUT2D eigenvalue weighted by atomic mass is 16.6. The first-order valence-corrected chi connectivity index (χ1v) is 52.5. The minimum absolute atomic E-state index is 0.0306. The Hall–Kier alpha value is -8.18. The largest absolute Gasteiger partial charge is 0.460 e. The summed E-state index contributed by atoms with van der Waals surface area (Å²) in [6, 6.07) is 0.865. The number of allylic oxidation sites excluding steroid dienone is 18. The summed E-state index contributed by atoms with van der Waals surface area (Å²) in [5, 5.41) is 12.8. The first kappa shape index (κ1) is 144. The third-order valence-corrected chi connectivity index (χ3v) is 20.8. The number of hydrogen-bond donors (Lipinski definition) is 4. The van der Waals surface area contributed by atoms with Gasteiger partial charge in [-0.3, -0.25) is 76.9 Å². The number of ketones is 13. The van der Waals surface area contributed by atoms with Crippen LogP contribution in [0.15, 0.2) is 145 Å². The molecule has 4 N–H and O–H groups in total. The maximum Gasteiger partial charge on any atom is 0.307 e. The van der Waals surface area contributed by atoms with E-state index in [1.54, 1.807) is 98.1 Å². The van der Waals surface area contributed by atoms with Crippen LogP contribution in [0, 0.1) is 76.9 Å². The van der Waals surface area contributed by atoms with Crippen LogP contribution in [0.25, 0.3) is 0 Å². The molecule has 4 aliphatic heterocycles. The van der Waals surface area contributed by atoms with Crippen molar-refractivity contribution in [2.75, 3.05) is 78.5 Å². The van der Waals surface area contributed by atoms with Crippen molar-refractivity contribution in [3.63, 3.8) is 0 Å². The molecule has 4 fully saturated rings. The average Bonchev–Trinajstić information content (AvgIpc) is 1.87. The lowest BCUT2D eigenvalue weighted by Gasteiger charge is -2.24. The number of nitrogens with zero attached hydrogens (tertiary/aromatic N) is 2. The molecular weight excluding hydrogens is 1740 g/mol. The van der Waals surface area contributed by atoms with Crippen LogP contribution in [0.5, 0.6) is 0 Å². The van der Waals surface area contributed by atoms with Gasteiger partial charge in [0, 0.05) is 129 Å². The van der Waals surface area contributed by atoms with Gasteiger partial charge in [0.2, 0.25) is 0 Å². The van der Waals surface area contributed by atoms with E-state index in [-0.39, 0.29) is 146 Å². The van der Waals surface area contributed by atoms with Gasteiger partial charge < -0.3 is 26.0 Å². The minimum Gasteiger partial charge on any atom is -0.460 e. The summed E-state index contributed by atoms with van der Waals surface area (Å²) < 4.78 is 5.16. The molecule has 2 atom stereocenters. The lowest BCUT2D eigenvalue weighted by molar-refractivity contribution is -0.154. The van der Waals surface area contributed by atoms with Gasteiger partial charge in [-0.2, -0.15) is 0 Å². The van der Waals surface area contributed by atoms with Crippen LogP contribution < -0.4 is 21.3 Å². The van der Waals surface area contributed by atoms with Gasteiger partial charge in [-0.25, -0.2) is 0 Å². The number of likely N-dealkylation sites (tertiary alicyclic amines) is 2. The number of nitrogens with one attached hydrogen (secondary N) is 4. The van der Waals surface area contributed by atoms with Crippen LogP contribution in [0.3, 0.4) is 0 Å². The minimum atomic E-state index is -0.430. The summed E-state index contributed by atoms with van der Waals surface area (Å²) >= 11 is 0. The van der Waals surface area contributed by atoms with E-state index < -0.39 is 5.60 Å². The monoisotopic (exact) mass is 1950 g/mol. The summed E-state index contributed by atoms with van der Waals surface area (Å²) in [4.78, 5) is 159. The predicted molar refractivity (Wildman–Crippen MR) is 586 cm³/mol. The Balaban J connectivity index is -0.000000275. The molecule has 0 spiro atoms. The molecule has 5 rings (SSSR count). The van der Waals surface area contributed by atoms with Crippen molar-refractivity contribution < 1.29 is 71.9 Å². The van der Waals surface area contributed by atoms with Gasteiger partial charge in [-0.1, -0.05) is 292 Å². The number of esters is 1. The number of ether oxygens (including phenoxy) is 1. The standard InChI is InChI=1S/C14H25NO3.2C12H21NO.C11H19NO2.C11H19NO.C10H17NO.2C9H16O.C8H12O.C8H14O.2C7H12O/c1-11(2)12(16)7-6-9-15-10-8-13(17)18-14(3,4)5;2*1-11(2)12(14)7-6-10-13-8-4-3-5-9-13;1-9(2)11(14)5-4-7-12-8-6-10(3)13;1-9(2)11(13)7-6-10-5-3-4-8-12-10;1-8(2)10(12)6-5-9-4-3-7-11-9;1-7(2)5-6-9(10)8(3)4;1-4-5-6-7-9(10)8(2)3;1-6(2)8(9)7-4-3-5-7;1-4-5-6-8(9)7(2)3;2*1-4-5-7(8)6(2)3/h6-7,11,15H,8-10H2,1-5H3;2*6-7,11H,3-5,8-10H2,1-2H3;4-5,9,12H,6-8H2,1-3H3;6-7,9-10,12H,3-5,8H2,1-2H3;5-6,8-9,11H,3-4,7H2,1-2H3;5-8H,1-4H3;6-8H,4-5H2,1-3H3;4,6H,3,5H2,1-2H3;5-7H,4H2,1-3H3;2*4-6H,1-3H3/b3*7-6+;5-4+;7-6+;2*6-5+;7-6+;;6-5+;2*5-4+. The normalized spacial score (nSPS) is 15.7. The molecular formula is C118H204N6O15. The van der Waals surface area contributed by atoms with Crippen molar-refractivity contribution in [1.29, 1.82) is 0 Å². The molecule has 139 heavy (non-hydrogen) atoms. The number of rotatable bonds is 44. The zero-order chi connectivity index (χ0) is 108. The maximum absolute atomic E-state index is 11.4. The zero-order valence-corrected chi connectivity index (χ0v) is 94.2. The number of piperidine rings is 3. The molecule has 21 nitrogen and oxygen atoms in total. The van der Waals surface area contributed by atoms with Crippen molar-refractivity contribution in [3.8, 4) is 0 Å². The summed E-state index contributed by atoms with van der Waals surface area (Å²) in [6.45, 7) is 76.2. The van der Waals surface area contributed by atoms with Crippen LogP contribution in [0.1, 0.15) is 351 Å². The fourth-order valence-electron chi connectivity index (χ4n) is 11.0. The SMILES string of the molecule is C/C=C/C(=O)C(C)C.C/C=C/C(=O)C(C)C.CC(=O)CCNC/C=C/C(=O)C(C)C.CC(C)/C=C/C(=O)C(C)C.CC(C)C(=O)/C=C/C1CCCCN1.CC(C)C(=O)/C=C/C1CCCN1.CC(C)C(=O)/C=C/CN1CCCCC1.CC(C)C(=O)/C=C/CN1CCCCC1.CC(C)C(=O)/C=C/CNCCC(=O)OC(C)(C)C.CC(C)C(=O)C1=CCC1.CC/C=C/C(=O)C(C)C.CCC/C=C/C(=O)C(C)C. The number of hydrogen-bond acceptors (Lipinski definition) is 21. The second-order valence-electron chi connectivity index (χ2n) is 40.5. The molecule has 0 amide bonds. The Morgan fingerprint density at radius 2 is 0.691 bits per heavy atom. The first-order valence-electron chi connectivity index (χ1n) is 52.5. The molecule has 796 valence electrons. The lowest BCUT2D eigenvalue weighted by Crippen LogP contribution is -2.32. The molecule has 0 aromatic rings. The van der Waals surface area contributed by atoms with E-state index in [0.29, 0.717) is 62.8 Å². The lowest BCUT2D eigenvalue weighted by atomic mass is 9.90. The van der Waals surface area contributed by atoms with Crippen LogP contribution in [0.4, 0.5) is 0 Å². The molecule has 0 aromatic heterocycles. The Bertz CT molecular complexity index is 3640. The summed E-state index contributed by atoms with van der Waals surface area (Å²) in [5.74, 6) is 4.54. The van der Waals surface area contributed by atoms with Crippen molar-refractivity contribution in [1.82, 2.24) is 31.1 Å². The highest BCUT2D eigenvalue weighted by Crippen LogP contribution is 2.22. The number of Topliss-reactive ketones (excluding diaryl/α,β-unsaturated/α-hetero) is 2. The van der Waals surface area contributed by atoms with E-state index in [0.717, 1.165) is 63.9 Å². The highest BCUT2D eigenvalue weighted by molar-refractivity contribution is 5.98. The molecule has 1 aliphatic carbocycles. The van der Waals surface area contributed by atoms with Crippen LogP contribution in [0.2, 0.25) is 0 Å². The summed E-state index contributed by atoms with van der Waals surface area (Å²) in [6.07, 6.45) is 61.4. The number of carbonyl (C=O) groups is 14. The molecule has 4 heterocycles. The van der Waals surface area contributed by atoms with Gasteiger partial charge in [-0.05, 0) is 236 Å². The van der Waals surface area contributed by atoms with Crippen LogP contribution in [-0.4, -0.2) is 187 Å². The average molecular weight is 1950 g/mol. The summed E-state index contributed by atoms with van der Waals surface area (Å²) in [5.41, 5.74) is 0.616. The predicted octanol–water partition coefficient (Wildman–Crippen LogP) is 24.0. The van der Waals surface area contributed by atoms with E-state index in [2.05, 4.69) is 51.8 Å². The molecule has 0 radical (unpaired) electrons. The van der Waals surface area contributed by atoms with Crippen molar-refractivity contribution in [2.24, 2.45) is 76.9 Å². The van der Waals surface area contributed by atoms with Crippen molar-refractivity contribution in [3.05, 3.63) is 145 Å². The van der Waals surface area contributed by atoms with E-state index in [9.17, 15) is 67.1 Å². The molecule has 21 heteroatoms. The number of unbranched alkanes of at least 4 members (excludes halogenated alkanes) is 1. The maximum atomic E-state index is 11.4. The molecule has 4 saturated heterocycles. The van der Waals surface area contributed by atoms with Gasteiger partial charge in [0.15, 0.2) is 69.4 Å². The Labute approximate surface area is 848 Å². The fourth-order valence-corrected chi connectivity index (χ4v) is 11.0. The fraction of sp³-hybridized carbons (Fsp3) is 0.678. The topological polar surface area (TPSA) is 303 Å². The van der Waals surface area contributed by atoms with Gasteiger partial charge in [0.25, 0.3) is 0 Å². The van der Waals surface area contributed by atoms with Crippen molar-refractivity contribution in [2.45, 2.75) is 369 Å². The third kappa shape index (κ3) is 99.7. The van der Waals surface area contributed by atoms with E-state index in [1.165, 1.54) is 96.8 Å². The van der Waals surface area contributed by atoms with E-state index in [4.69, 9.17) is 4.74 Å². The van der Waals surface area contributed by atoms with Gasteiger partial charge in [0.05, 0.1) is 6.42 Å². The third-order valence-electron chi connectivity index (χ3n) is 20.8. The zero-order valence-electron chi connectivity index (χ0n) is 94.2. The van der Waals surface area contributed by atoms with Gasteiger partial charge in [-0.15, -0.1) is 0 Å². The molecule has 5 aliphatic rings. The van der Waals surface area contributed by atoms with E-state index >= 15 is 0 Å². The van der Waals surface area contributed by atoms with Gasteiger partial charge in [0.1, 0.15) is 11.4 Å². The smallest absolute Gasteiger partial charge is 0.307 e. The molecule has 0 saturated carbocycles. The summed E-state index contributed by atoms with van der Waals surface area (Å²) in [7, 11) is 0.